The summed E-state index contributed by atoms with van der Waals surface area (Å²) in [5, 5.41) is 6.63. The van der Waals surface area contributed by atoms with Gasteiger partial charge in [0.05, 0.1) is 6.61 Å². The fraction of sp³-hybridized carbons (Fsp3) is 0.611. The highest BCUT2D eigenvalue weighted by Crippen LogP contribution is 2.36. The monoisotopic (exact) mass is 517 g/mol. The number of ether oxygens (including phenoxy) is 1. The van der Waals surface area contributed by atoms with Crippen LogP contribution in [0.4, 0.5) is 13.2 Å². The van der Waals surface area contributed by atoms with Crippen molar-refractivity contribution in [1.82, 2.24) is 10.6 Å². The third-order valence-corrected chi connectivity index (χ3v) is 5.71. The quantitative estimate of drug-likeness (QED) is 0.321. The van der Waals surface area contributed by atoms with E-state index >= 15 is 0 Å². The predicted molar refractivity (Wildman–Crippen MR) is 116 cm³/mol. The topological polar surface area (TPSA) is 45.7 Å². The maximum atomic E-state index is 12.1. The third-order valence-electron chi connectivity index (χ3n) is 4.17. The zero-order valence-corrected chi connectivity index (χ0v) is 18.7. The van der Waals surface area contributed by atoms with Gasteiger partial charge in [-0.1, -0.05) is 24.3 Å². The molecule has 1 aliphatic rings. The van der Waals surface area contributed by atoms with Gasteiger partial charge in [0.15, 0.2) is 5.96 Å². The van der Waals surface area contributed by atoms with Crippen LogP contribution in [0.25, 0.3) is 0 Å². The van der Waals surface area contributed by atoms with Gasteiger partial charge in [-0.05, 0) is 36.6 Å². The van der Waals surface area contributed by atoms with E-state index in [-0.39, 0.29) is 35.3 Å². The molecule has 27 heavy (non-hydrogen) atoms. The fourth-order valence-electron chi connectivity index (χ4n) is 2.69. The van der Waals surface area contributed by atoms with Gasteiger partial charge in [-0.15, -0.1) is 24.0 Å². The average molecular weight is 517 g/mol. The van der Waals surface area contributed by atoms with Gasteiger partial charge >= 0.3 is 6.18 Å². The molecule has 1 aliphatic heterocycles. The summed E-state index contributed by atoms with van der Waals surface area (Å²) >= 11 is 1.99. The van der Waals surface area contributed by atoms with Gasteiger partial charge in [0.25, 0.3) is 0 Å². The molecule has 1 aromatic rings. The van der Waals surface area contributed by atoms with Crippen molar-refractivity contribution < 1.29 is 17.9 Å². The van der Waals surface area contributed by atoms with E-state index in [4.69, 9.17) is 0 Å². The van der Waals surface area contributed by atoms with Crippen LogP contribution in [0.2, 0.25) is 0 Å². The molecule has 0 amide bonds. The summed E-state index contributed by atoms with van der Waals surface area (Å²) in [5.74, 6) is 1.96. The van der Waals surface area contributed by atoms with Crippen molar-refractivity contribution in [3.05, 3.63) is 35.4 Å². The summed E-state index contributed by atoms with van der Waals surface area (Å²) < 4.78 is 41.1. The Morgan fingerprint density at radius 2 is 1.89 bits per heavy atom. The molecule has 1 fully saturated rings. The van der Waals surface area contributed by atoms with Crippen LogP contribution in [0, 0.1) is 0 Å². The number of benzene rings is 1. The standard InChI is InChI=1S/C18H26F3N3OS.HI/c1-17(8-3-9-26-17)12-24-16(22-2)23-10-14-4-6-15(7-5-14)11-25-13-18(19,20)21;/h4-7H,3,8-13H2,1-2H3,(H2,22,23,24);1H. The van der Waals surface area contributed by atoms with Crippen LogP contribution in [0.5, 0.6) is 0 Å². The van der Waals surface area contributed by atoms with Gasteiger partial charge in [0, 0.05) is 24.9 Å². The van der Waals surface area contributed by atoms with Crippen molar-refractivity contribution in [3.63, 3.8) is 0 Å². The number of halogens is 4. The summed E-state index contributed by atoms with van der Waals surface area (Å²) in [7, 11) is 1.74. The zero-order valence-electron chi connectivity index (χ0n) is 15.6. The molecule has 0 radical (unpaired) electrons. The Morgan fingerprint density at radius 1 is 1.22 bits per heavy atom. The molecule has 0 bridgehead atoms. The second kappa shape index (κ2) is 11.4. The second-order valence-electron chi connectivity index (χ2n) is 6.61. The Morgan fingerprint density at radius 3 is 2.44 bits per heavy atom. The summed E-state index contributed by atoms with van der Waals surface area (Å²) in [6.07, 6.45) is -1.83. The molecule has 0 spiro atoms. The Bertz CT molecular complexity index is 591. The minimum absolute atomic E-state index is 0. The number of nitrogens with one attached hydrogen (secondary N) is 2. The molecule has 1 saturated heterocycles. The Balaban J connectivity index is 0.00000364. The van der Waals surface area contributed by atoms with Crippen LogP contribution in [-0.4, -0.2) is 42.8 Å². The van der Waals surface area contributed by atoms with E-state index in [1.54, 1.807) is 19.2 Å². The first-order chi connectivity index (χ1) is 12.3. The lowest BCUT2D eigenvalue weighted by atomic mass is 10.1. The van der Waals surface area contributed by atoms with Crippen molar-refractivity contribution in [2.45, 2.75) is 43.8 Å². The van der Waals surface area contributed by atoms with Crippen molar-refractivity contribution in [2.24, 2.45) is 4.99 Å². The molecule has 1 heterocycles. The van der Waals surface area contributed by atoms with Crippen molar-refractivity contribution in [1.29, 1.82) is 0 Å². The zero-order chi connectivity index (χ0) is 19.0. The molecule has 0 saturated carbocycles. The van der Waals surface area contributed by atoms with Gasteiger partial charge in [-0.3, -0.25) is 4.99 Å². The first kappa shape index (κ1) is 24.4. The Labute approximate surface area is 180 Å². The number of guanidine groups is 1. The van der Waals surface area contributed by atoms with Gasteiger partial charge < -0.3 is 15.4 Å². The average Bonchev–Trinajstić information content (AvgIpc) is 3.02. The Hall–Kier alpha value is -0.680. The van der Waals surface area contributed by atoms with Crippen LogP contribution in [0.1, 0.15) is 30.9 Å². The predicted octanol–water partition coefficient (Wildman–Crippen LogP) is 4.33. The lowest BCUT2D eigenvalue weighted by Gasteiger charge is -2.24. The van der Waals surface area contributed by atoms with E-state index in [1.807, 2.05) is 23.9 Å². The molecule has 2 N–H and O–H groups in total. The number of nitrogens with zero attached hydrogens (tertiary/aromatic N) is 1. The lowest BCUT2D eigenvalue weighted by molar-refractivity contribution is -0.176. The first-order valence-corrected chi connectivity index (χ1v) is 9.59. The van der Waals surface area contributed by atoms with Gasteiger partial charge in [-0.2, -0.15) is 24.9 Å². The number of hydrogen-bond donors (Lipinski definition) is 2. The summed E-state index contributed by atoms with van der Waals surface area (Å²) in [6.45, 7) is 2.45. The minimum atomic E-state index is -4.29. The molecule has 1 aromatic carbocycles. The maximum Gasteiger partial charge on any atom is 0.411 e. The second-order valence-corrected chi connectivity index (χ2v) is 8.29. The highest BCUT2D eigenvalue weighted by molar-refractivity contribution is 14.0. The van der Waals surface area contributed by atoms with Crippen molar-refractivity contribution >= 4 is 41.7 Å². The highest BCUT2D eigenvalue weighted by atomic mass is 127. The van der Waals surface area contributed by atoms with E-state index in [2.05, 4.69) is 27.3 Å². The van der Waals surface area contributed by atoms with Crippen LogP contribution in [0.3, 0.4) is 0 Å². The smallest absolute Gasteiger partial charge is 0.367 e. The van der Waals surface area contributed by atoms with E-state index < -0.39 is 12.8 Å². The van der Waals surface area contributed by atoms with Crippen LogP contribution in [0.15, 0.2) is 29.3 Å². The summed E-state index contributed by atoms with van der Waals surface area (Å²) in [5.41, 5.74) is 1.74. The molecule has 9 heteroatoms. The van der Waals surface area contributed by atoms with Gasteiger partial charge in [-0.25, -0.2) is 0 Å². The van der Waals surface area contributed by atoms with E-state index in [1.165, 1.54) is 18.6 Å². The SMILES string of the molecule is CN=C(NCc1ccc(COCC(F)(F)F)cc1)NCC1(C)CCCS1.I. The third kappa shape index (κ3) is 9.38. The van der Waals surface area contributed by atoms with E-state index in [0.717, 1.165) is 18.1 Å². The summed E-state index contributed by atoms with van der Waals surface area (Å²) in [6, 6.07) is 7.31. The lowest BCUT2D eigenvalue weighted by Crippen LogP contribution is -2.43. The summed E-state index contributed by atoms with van der Waals surface area (Å²) in [4.78, 5) is 4.23. The van der Waals surface area contributed by atoms with Crippen LogP contribution < -0.4 is 10.6 Å². The van der Waals surface area contributed by atoms with E-state index in [0.29, 0.717) is 12.1 Å². The molecular weight excluding hydrogens is 490 g/mol. The van der Waals surface area contributed by atoms with E-state index in [9.17, 15) is 13.2 Å². The largest absolute Gasteiger partial charge is 0.411 e. The number of hydrogen-bond acceptors (Lipinski definition) is 3. The molecule has 4 nitrogen and oxygen atoms in total. The molecule has 154 valence electrons. The Kier molecular flexibility index (Phi) is 10.2. The molecule has 1 unspecified atom stereocenters. The molecule has 0 aliphatic carbocycles. The number of rotatable bonds is 7. The molecular formula is C18H27F3IN3OS. The number of alkyl halides is 3. The van der Waals surface area contributed by atoms with Crippen LogP contribution in [-0.2, 0) is 17.9 Å². The maximum absolute atomic E-state index is 12.1. The van der Waals surface area contributed by atoms with Gasteiger partial charge in [0.2, 0.25) is 0 Å². The minimum Gasteiger partial charge on any atom is -0.367 e. The van der Waals surface area contributed by atoms with Crippen molar-refractivity contribution in [3.8, 4) is 0 Å². The molecule has 1 atom stereocenters. The van der Waals surface area contributed by atoms with Crippen LogP contribution >= 0.6 is 35.7 Å². The fourth-order valence-corrected chi connectivity index (χ4v) is 3.94. The normalized spacial score (nSPS) is 20.3. The van der Waals surface area contributed by atoms with Gasteiger partial charge in [0.1, 0.15) is 6.61 Å². The molecule has 2 rings (SSSR count). The number of aliphatic imine (C=N–C) groups is 1. The number of thioether (sulfide) groups is 1. The van der Waals surface area contributed by atoms with Crippen molar-refractivity contribution in [2.75, 3.05) is 26.0 Å². The highest BCUT2D eigenvalue weighted by Gasteiger charge is 2.29. The first-order valence-electron chi connectivity index (χ1n) is 8.60. The molecule has 0 aromatic heterocycles.